The number of hydrogen-bond donors (Lipinski definition) is 1. The summed E-state index contributed by atoms with van der Waals surface area (Å²) in [6, 6.07) is 0. The number of rotatable bonds is 6. The third kappa shape index (κ3) is 5.90. The van der Waals surface area contributed by atoms with Gasteiger partial charge in [0.15, 0.2) is 0 Å². The van der Waals surface area contributed by atoms with Crippen LogP contribution in [0.5, 0.6) is 0 Å². The van der Waals surface area contributed by atoms with Crippen molar-refractivity contribution >= 4 is 16.8 Å². The van der Waals surface area contributed by atoms with E-state index < -0.39 is 0 Å². The van der Waals surface area contributed by atoms with E-state index in [1.54, 1.807) is 0 Å². The molecule has 0 aromatic heterocycles. The number of thioether (sulfide) groups is 1. The van der Waals surface area contributed by atoms with Crippen LogP contribution in [0.3, 0.4) is 0 Å². The Morgan fingerprint density at radius 1 is 1.29 bits per heavy atom. The Bertz CT molecular complexity index is 401. The molecule has 0 unspecified atom stereocenters. The first kappa shape index (κ1) is 18.3. The summed E-state index contributed by atoms with van der Waals surface area (Å²) in [7, 11) is 1.94. The highest BCUT2D eigenvalue weighted by Gasteiger charge is 2.21. The highest BCUT2D eigenvalue weighted by Crippen LogP contribution is 2.33. The van der Waals surface area contributed by atoms with E-state index in [9.17, 15) is 0 Å². The van der Waals surface area contributed by atoms with Crippen molar-refractivity contribution in [1.29, 1.82) is 0 Å². The molecule has 0 bridgehead atoms. The predicted molar refractivity (Wildman–Crippen MR) is 97.6 cm³/mol. The van der Waals surface area contributed by atoms with Crippen LogP contribution in [0.15, 0.2) is 27.9 Å². The lowest BCUT2D eigenvalue weighted by Crippen LogP contribution is -2.20. The van der Waals surface area contributed by atoms with Gasteiger partial charge in [0.1, 0.15) is 0 Å². The van der Waals surface area contributed by atoms with Crippen molar-refractivity contribution in [3.8, 4) is 0 Å². The maximum atomic E-state index is 4.60. The molecule has 0 aliphatic heterocycles. The second-order valence-electron chi connectivity index (χ2n) is 6.27. The Kier molecular flexibility index (Phi) is 8.16. The molecule has 120 valence electrons. The molecule has 1 aliphatic rings. The van der Waals surface area contributed by atoms with Crippen LogP contribution in [0, 0.1) is 11.8 Å². The number of nitrogens with one attached hydrogen (secondary N) is 1. The van der Waals surface area contributed by atoms with Gasteiger partial charge >= 0.3 is 0 Å². The number of allylic oxidation sites excluding steroid dienone is 2. The van der Waals surface area contributed by atoms with Gasteiger partial charge in [0.05, 0.1) is 10.1 Å². The zero-order valence-electron chi connectivity index (χ0n) is 14.5. The van der Waals surface area contributed by atoms with E-state index in [1.807, 2.05) is 18.8 Å². The van der Waals surface area contributed by atoms with E-state index in [0.29, 0.717) is 11.8 Å². The molecule has 2 nitrogen and oxygen atoms in total. The Morgan fingerprint density at radius 2 is 1.90 bits per heavy atom. The van der Waals surface area contributed by atoms with Crippen molar-refractivity contribution in [2.75, 3.05) is 7.05 Å². The number of nitrogens with zero attached hydrogens (tertiary/aromatic N) is 1. The first-order valence-corrected chi connectivity index (χ1v) is 9.11. The SMILES string of the molecule is C=C(N/C(SC(=NC)C1CCCCC1)=C(\C)CC)C(C)C. The van der Waals surface area contributed by atoms with E-state index in [0.717, 1.165) is 12.1 Å². The summed E-state index contributed by atoms with van der Waals surface area (Å²) >= 11 is 1.83. The minimum absolute atomic E-state index is 0.446. The Morgan fingerprint density at radius 3 is 2.38 bits per heavy atom. The molecule has 0 atom stereocenters. The minimum Gasteiger partial charge on any atom is -0.354 e. The van der Waals surface area contributed by atoms with Crippen molar-refractivity contribution in [1.82, 2.24) is 5.32 Å². The molecule has 0 spiro atoms. The lowest BCUT2D eigenvalue weighted by molar-refractivity contribution is 0.443. The topological polar surface area (TPSA) is 24.4 Å². The Labute approximate surface area is 135 Å². The van der Waals surface area contributed by atoms with E-state index in [4.69, 9.17) is 0 Å². The molecule has 1 N–H and O–H groups in total. The van der Waals surface area contributed by atoms with Gasteiger partial charge in [0, 0.05) is 18.7 Å². The quantitative estimate of drug-likeness (QED) is 0.500. The molecule has 0 radical (unpaired) electrons. The van der Waals surface area contributed by atoms with Gasteiger partial charge in [-0.1, -0.05) is 58.4 Å². The standard InChI is InChI=1S/C18H32N2S/c1-7-14(4)17(20-15(5)13(2)3)21-18(19-6)16-11-9-8-10-12-16/h13,16,20H,5,7-12H2,1-4,6H3/b17-14-,19-18?. The largest absolute Gasteiger partial charge is 0.354 e. The molecule has 0 heterocycles. The fourth-order valence-electron chi connectivity index (χ4n) is 2.44. The third-order valence-electron chi connectivity index (χ3n) is 4.27. The monoisotopic (exact) mass is 308 g/mol. The fourth-order valence-corrected chi connectivity index (χ4v) is 3.64. The first-order chi connectivity index (χ1) is 9.99. The highest BCUT2D eigenvalue weighted by atomic mass is 32.2. The van der Waals surface area contributed by atoms with Gasteiger partial charge in [0.2, 0.25) is 0 Å². The summed E-state index contributed by atoms with van der Waals surface area (Å²) in [5.74, 6) is 1.10. The van der Waals surface area contributed by atoms with Crippen LogP contribution in [-0.2, 0) is 0 Å². The molecule has 1 saturated carbocycles. The molecule has 21 heavy (non-hydrogen) atoms. The first-order valence-electron chi connectivity index (χ1n) is 8.29. The van der Waals surface area contributed by atoms with E-state index in [1.165, 1.54) is 47.8 Å². The number of aliphatic imine (C=N–C) groups is 1. The van der Waals surface area contributed by atoms with Crippen molar-refractivity contribution < 1.29 is 0 Å². The summed E-state index contributed by atoms with van der Waals surface area (Å²) in [5, 5.41) is 6.07. The highest BCUT2D eigenvalue weighted by molar-refractivity contribution is 8.17. The molecule has 1 fully saturated rings. The van der Waals surface area contributed by atoms with E-state index in [2.05, 4.69) is 44.6 Å². The summed E-state index contributed by atoms with van der Waals surface area (Å²) in [6.07, 6.45) is 7.73. The van der Waals surface area contributed by atoms with Crippen molar-refractivity contribution in [2.45, 2.75) is 66.2 Å². The van der Waals surface area contributed by atoms with Crippen LogP contribution in [0.4, 0.5) is 0 Å². The van der Waals surface area contributed by atoms with Crippen LogP contribution in [0.25, 0.3) is 0 Å². The second-order valence-corrected chi connectivity index (χ2v) is 7.30. The molecule has 1 aliphatic carbocycles. The van der Waals surface area contributed by atoms with Crippen LogP contribution in [0.1, 0.15) is 66.2 Å². The van der Waals surface area contributed by atoms with Gasteiger partial charge in [-0.05, 0) is 37.7 Å². The predicted octanol–water partition coefficient (Wildman–Crippen LogP) is 5.73. The maximum Gasteiger partial charge on any atom is 0.0772 e. The Balaban J connectivity index is 2.82. The Hall–Kier alpha value is -0.700. The van der Waals surface area contributed by atoms with Gasteiger partial charge in [-0.3, -0.25) is 4.99 Å². The molecule has 0 amide bonds. The molecule has 3 heteroatoms. The summed E-state index contributed by atoms with van der Waals surface area (Å²) in [6.45, 7) is 12.9. The van der Waals surface area contributed by atoms with Crippen molar-refractivity contribution in [2.24, 2.45) is 16.8 Å². The molecular weight excluding hydrogens is 276 g/mol. The molecule has 0 saturated heterocycles. The fraction of sp³-hybridized carbons (Fsp3) is 0.722. The molecular formula is C18H32N2S. The summed E-state index contributed by atoms with van der Waals surface area (Å²) in [5.41, 5.74) is 2.48. The van der Waals surface area contributed by atoms with Crippen LogP contribution in [0.2, 0.25) is 0 Å². The second kappa shape index (κ2) is 9.34. The van der Waals surface area contributed by atoms with Gasteiger partial charge in [-0.15, -0.1) is 0 Å². The van der Waals surface area contributed by atoms with Gasteiger partial charge in [-0.25, -0.2) is 0 Å². The molecule has 0 aromatic rings. The summed E-state index contributed by atoms with van der Waals surface area (Å²) < 4.78 is 0. The smallest absolute Gasteiger partial charge is 0.0772 e. The van der Waals surface area contributed by atoms with Crippen LogP contribution in [-0.4, -0.2) is 12.1 Å². The van der Waals surface area contributed by atoms with Gasteiger partial charge in [0.25, 0.3) is 0 Å². The van der Waals surface area contributed by atoms with Gasteiger partial charge in [-0.2, -0.15) is 0 Å². The lowest BCUT2D eigenvalue weighted by atomic mass is 9.90. The minimum atomic E-state index is 0.446. The van der Waals surface area contributed by atoms with Crippen LogP contribution < -0.4 is 5.32 Å². The zero-order valence-corrected chi connectivity index (χ0v) is 15.3. The lowest BCUT2D eigenvalue weighted by Gasteiger charge is -2.25. The average molecular weight is 309 g/mol. The van der Waals surface area contributed by atoms with E-state index in [-0.39, 0.29) is 0 Å². The van der Waals surface area contributed by atoms with Crippen LogP contribution >= 0.6 is 11.8 Å². The average Bonchev–Trinajstić information content (AvgIpc) is 2.51. The normalized spacial score (nSPS) is 18.7. The van der Waals surface area contributed by atoms with E-state index >= 15 is 0 Å². The zero-order chi connectivity index (χ0) is 15.8. The van der Waals surface area contributed by atoms with Crippen molar-refractivity contribution in [3.63, 3.8) is 0 Å². The number of hydrogen-bond acceptors (Lipinski definition) is 3. The molecule has 0 aromatic carbocycles. The third-order valence-corrected chi connectivity index (χ3v) is 5.65. The van der Waals surface area contributed by atoms with Crippen molar-refractivity contribution in [3.05, 3.63) is 22.9 Å². The summed E-state index contributed by atoms with van der Waals surface area (Å²) in [4.78, 5) is 4.60. The molecule has 1 rings (SSSR count). The maximum absolute atomic E-state index is 4.60. The van der Waals surface area contributed by atoms with Gasteiger partial charge < -0.3 is 5.32 Å².